The second kappa shape index (κ2) is 18.9. The van der Waals surface area contributed by atoms with Gasteiger partial charge in [0.25, 0.3) is 0 Å². The lowest BCUT2D eigenvalue weighted by molar-refractivity contribution is 0.465. The maximum atomic E-state index is 6.92. The van der Waals surface area contributed by atoms with Gasteiger partial charge in [-0.05, 0) is 109 Å². The maximum absolute atomic E-state index is 6.92. The van der Waals surface area contributed by atoms with Crippen molar-refractivity contribution in [3.05, 3.63) is 237 Å². The Hall–Kier alpha value is -7.79. The van der Waals surface area contributed by atoms with Gasteiger partial charge in [0.05, 0.1) is 15.9 Å². The van der Waals surface area contributed by atoms with E-state index in [9.17, 15) is 0 Å². The highest BCUT2D eigenvalue weighted by Gasteiger charge is 2.36. The highest BCUT2D eigenvalue weighted by atomic mass is 31.1. The molecule has 0 aromatic heterocycles. The topological polar surface area (TPSA) is 55.4 Å². The first-order valence-corrected chi connectivity index (χ1v) is 21.2. The van der Waals surface area contributed by atoms with Gasteiger partial charge in [-0.2, -0.15) is 0 Å². The zero-order chi connectivity index (χ0) is 41.1. The fourth-order valence-corrected chi connectivity index (χ4v) is 9.40. The molecule has 0 spiro atoms. The number of benzene rings is 9. The maximum Gasteiger partial charge on any atom is 0.139 e. The number of rotatable bonds is 15. The molecular weight excluding hydrogens is 776 g/mol. The van der Waals surface area contributed by atoms with Crippen LogP contribution >= 0.6 is 7.92 Å². The molecule has 9 aromatic carbocycles. The molecule has 7 heteroatoms. The predicted octanol–water partition coefficient (Wildman–Crippen LogP) is 14.2. The molecule has 0 radical (unpaired) electrons. The average molecular weight is 815 g/mol. The summed E-state index contributed by atoms with van der Waals surface area (Å²) in [6.07, 6.45) is 0. The lowest BCUT2D eigenvalue weighted by Gasteiger charge is -2.30. The third-order valence-electron chi connectivity index (χ3n) is 9.38. The molecule has 0 unspecified atom stereocenters. The van der Waals surface area contributed by atoms with Crippen LogP contribution in [0.3, 0.4) is 0 Å². The Balaban J connectivity index is 1.39. The second-order valence-electron chi connectivity index (χ2n) is 13.6. The molecule has 0 fully saturated rings. The summed E-state index contributed by atoms with van der Waals surface area (Å²) >= 11 is 0. The third kappa shape index (κ3) is 9.42. The first-order valence-electron chi connectivity index (χ1n) is 19.8. The predicted molar refractivity (Wildman–Crippen MR) is 244 cm³/mol. The Morgan fingerprint density at radius 1 is 0.180 bits per heavy atom. The van der Waals surface area contributed by atoms with E-state index >= 15 is 0 Å². The summed E-state index contributed by atoms with van der Waals surface area (Å²) in [5, 5.41) is 2.19. The Kier molecular flexibility index (Phi) is 12.0. The Morgan fingerprint density at radius 3 is 0.508 bits per heavy atom. The van der Waals surface area contributed by atoms with Crippen molar-refractivity contribution >= 4 is 23.8 Å². The molecule has 9 rings (SSSR count). The van der Waals surface area contributed by atoms with Crippen LogP contribution in [0.2, 0.25) is 0 Å². The van der Waals surface area contributed by atoms with Crippen molar-refractivity contribution in [3.8, 4) is 69.0 Å². The molecule has 9 aromatic rings. The first kappa shape index (κ1) is 38.7. The average Bonchev–Trinajstić information content (AvgIpc) is 3.31. The molecule has 0 amide bonds. The van der Waals surface area contributed by atoms with E-state index in [1.165, 1.54) is 0 Å². The van der Waals surface area contributed by atoms with Gasteiger partial charge in [-0.15, -0.1) is 0 Å². The smallest absolute Gasteiger partial charge is 0.139 e. The quantitative estimate of drug-likeness (QED) is 0.0961. The van der Waals surface area contributed by atoms with Gasteiger partial charge in [-0.1, -0.05) is 127 Å². The fourth-order valence-electron chi connectivity index (χ4n) is 6.69. The van der Waals surface area contributed by atoms with E-state index in [0.29, 0.717) is 69.0 Å². The highest BCUT2D eigenvalue weighted by molar-refractivity contribution is 7.81. The van der Waals surface area contributed by atoms with E-state index in [-0.39, 0.29) is 0 Å². The van der Waals surface area contributed by atoms with E-state index in [1.807, 2.05) is 237 Å². The van der Waals surface area contributed by atoms with E-state index in [2.05, 4.69) is 0 Å². The molecule has 0 atom stereocenters. The van der Waals surface area contributed by atoms with Crippen molar-refractivity contribution in [2.45, 2.75) is 0 Å². The zero-order valence-corrected chi connectivity index (χ0v) is 33.8. The van der Waals surface area contributed by atoms with Crippen LogP contribution in [0, 0.1) is 0 Å². The van der Waals surface area contributed by atoms with Crippen LogP contribution in [0.15, 0.2) is 237 Å². The van der Waals surface area contributed by atoms with E-state index in [1.54, 1.807) is 0 Å². The van der Waals surface area contributed by atoms with Crippen molar-refractivity contribution in [1.29, 1.82) is 0 Å². The fraction of sp³-hybridized carbons (Fsp3) is 0. The largest absolute Gasteiger partial charge is 0.457 e. The Bertz CT molecular complexity index is 2300. The first-order chi connectivity index (χ1) is 30.2. The van der Waals surface area contributed by atoms with Gasteiger partial charge in [0, 0.05) is 7.92 Å². The summed E-state index contributed by atoms with van der Waals surface area (Å²) in [5.74, 6) is 7.28. The summed E-state index contributed by atoms with van der Waals surface area (Å²) in [5.41, 5.74) is 0. The standard InChI is InChI=1S/C54H39O6P/c1-7-22-40(23-8-1)55-46-34-19-35-47(56-41-24-9-2-10-25-41)52(46)61(53-48(57-42-26-11-3-12-27-42)36-20-37-49(53)58-43-28-13-4-14-29-43)54-50(59-44-30-15-5-16-31-44)38-21-39-51(54)60-45-32-17-6-18-33-45/h1-39H. The molecule has 0 saturated heterocycles. The summed E-state index contributed by atoms with van der Waals surface area (Å²) in [7, 11) is -1.90. The SMILES string of the molecule is c1ccc(Oc2cccc(Oc3ccccc3)c2P(c2c(Oc3ccccc3)cccc2Oc2ccccc2)c2c(Oc3ccccc3)cccc2Oc2ccccc2)cc1. The molecule has 0 aliphatic rings. The van der Waals surface area contributed by atoms with Crippen LogP contribution in [0.4, 0.5) is 0 Å². The summed E-state index contributed by atoms with van der Waals surface area (Å²) < 4.78 is 41.5. The summed E-state index contributed by atoms with van der Waals surface area (Å²) in [4.78, 5) is 0. The summed E-state index contributed by atoms with van der Waals surface area (Å²) in [6, 6.07) is 76.0. The molecule has 0 N–H and O–H groups in total. The minimum absolute atomic E-state index is 0.561. The number of hydrogen-bond donors (Lipinski definition) is 0. The normalized spacial score (nSPS) is 10.8. The van der Waals surface area contributed by atoms with Crippen LogP contribution in [-0.4, -0.2) is 0 Å². The van der Waals surface area contributed by atoms with Gasteiger partial charge < -0.3 is 28.4 Å². The van der Waals surface area contributed by atoms with Crippen LogP contribution in [0.1, 0.15) is 0 Å². The van der Waals surface area contributed by atoms with Gasteiger partial charge in [0.15, 0.2) is 0 Å². The van der Waals surface area contributed by atoms with E-state index < -0.39 is 7.92 Å². The molecular formula is C54H39O6P. The molecule has 6 nitrogen and oxygen atoms in total. The minimum atomic E-state index is -1.90. The van der Waals surface area contributed by atoms with Gasteiger partial charge in [-0.3, -0.25) is 0 Å². The molecule has 0 bridgehead atoms. The second-order valence-corrected chi connectivity index (χ2v) is 15.6. The van der Waals surface area contributed by atoms with Gasteiger partial charge in [0.2, 0.25) is 0 Å². The highest BCUT2D eigenvalue weighted by Crippen LogP contribution is 2.52. The van der Waals surface area contributed by atoms with Crippen molar-refractivity contribution in [1.82, 2.24) is 0 Å². The lowest BCUT2D eigenvalue weighted by atomic mass is 10.3. The number of hydrogen-bond acceptors (Lipinski definition) is 6. The molecule has 0 aliphatic heterocycles. The number of para-hydroxylation sites is 6. The van der Waals surface area contributed by atoms with Crippen molar-refractivity contribution in [3.63, 3.8) is 0 Å². The molecule has 0 heterocycles. The van der Waals surface area contributed by atoms with E-state index in [0.717, 1.165) is 15.9 Å². The van der Waals surface area contributed by atoms with Crippen LogP contribution in [0.5, 0.6) is 69.0 Å². The van der Waals surface area contributed by atoms with Gasteiger partial charge in [-0.25, -0.2) is 0 Å². The zero-order valence-electron chi connectivity index (χ0n) is 32.9. The van der Waals surface area contributed by atoms with Crippen molar-refractivity contribution in [2.24, 2.45) is 0 Å². The van der Waals surface area contributed by atoms with Gasteiger partial charge >= 0.3 is 0 Å². The Morgan fingerprint density at radius 2 is 0.344 bits per heavy atom. The molecule has 61 heavy (non-hydrogen) atoms. The monoisotopic (exact) mass is 814 g/mol. The minimum Gasteiger partial charge on any atom is -0.457 e. The van der Waals surface area contributed by atoms with Crippen LogP contribution in [0.25, 0.3) is 0 Å². The molecule has 0 aliphatic carbocycles. The van der Waals surface area contributed by atoms with Crippen molar-refractivity contribution in [2.75, 3.05) is 0 Å². The van der Waals surface area contributed by atoms with Gasteiger partial charge in [0.1, 0.15) is 69.0 Å². The van der Waals surface area contributed by atoms with E-state index in [4.69, 9.17) is 28.4 Å². The van der Waals surface area contributed by atoms with Crippen LogP contribution < -0.4 is 44.3 Å². The summed E-state index contributed by atoms with van der Waals surface area (Å²) in [6.45, 7) is 0. The Labute approximate surface area is 356 Å². The number of ether oxygens (including phenoxy) is 6. The molecule has 0 saturated carbocycles. The molecule has 296 valence electrons. The van der Waals surface area contributed by atoms with Crippen LogP contribution in [-0.2, 0) is 0 Å². The van der Waals surface area contributed by atoms with Crippen molar-refractivity contribution < 1.29 is 28.4 Å². The third-order valence-corrected chi connectivity index (χ3v) is 12.0. The lowest BCUT2D eigenvalue weighted by Crippen LogP contribution is -2.27.